The van der Waals surface area contributed by atoms with Gasteiger partial charge in [-0.15, -0.1) is 0 Å². The number of sulfonamides is 1. The van der Waals surface area contributed by atoms with Crippen LogP contribution in [0.3, 0.4) is 0 Å². The van der Waals surface area contributed by atoms with Gasteiger partial charge < -0.3 is 10.2 Å². The summed E-state index contributed by atoms with van der Waals surface area (Å²) in [5, 5.41) is 2.93. The van der Waals surface area contributed by atoms with Crippen molar-refractivity contribution >= 4 is 27.5 Å². The Hall–Kier alpha value is -3.53. The van der Waals surface area contributed by atoms with Crippen molar-refractivity contribution in [2.24, 2.45) is 0 Å². The molecule has 0 atom stereocenters. The smallest absolute Gasteiger partial charge is 0.255 e. The van der Waals surface area contributed by atoms with Crippen LogP contribution in [0.5, 0.6) is 0 Å². The molecule has 2 aliphatic heterocycles. The summed E-state index contributed by atoms with van der Waals surface area (Å²) >= 11 is 0. The van der Waals surface area contributed by atoms with E-state index in [2.05, 4.69) is 10.2 Å². The van der Waals surface area contributed by atoms with Crippen LogP contribution in [0.4, 0.5) is 5.69 Å². The first-order valence-corrected chi connectivity index (χ1v) is 14.8. The molecular weight excluding hydrogens is 512 g/mol. The second kappa shape index (κ2) is 11.7. The van der Waals surface area contributed by atoms with E-state index in [9.17, 15) is 18.0 Å². The van der Waals surface area contributed by atoms with E-state index in [1.54, 1.807) is 34.6 Å². The average Bonchev–Trinajstić information content (AvgIpc) is 3.49. The normalized spacial score (nSPS) is 16.8. The molecule has 0 bridgehead atoms. The molecule has 2 aliphatic rings. The summed E-state index contributed by atoms with van der Waals surface area (Å²) < 4.78 is 27.6. The number of likely N-dealkylation sites (tertiary alicyclic amines) is 1. The maximum absolute atomic E-state index is 13.1. The molecule has 8 nitrogen and oxygen atoms in total. The molecule has 0 aromatic heterocycles. The zero-order chi connectivity index (χ0) is 27.4. The predicted octanol–water partition coefficient (Wildman–Crippen LogP) is 3.99. The van der Waals surface area contributed by atoms with Crippen LogP contribution >= 0.6 is 0 Å². The largest absolute Gasteiger partial charge is 0.339 e. The molecule has 9 heteroatoms. The topological polar surface area (TPSA) is 90.0 Å². The number of carbonyl (C=O) groups excluding carboxylic acids is 2. The van der Waals surface area contributed by atoms with Gasteiger partial charge in [0.15, 0.2) is 0 Å². The van der Waals surface area contributed by atoms with Gasteiger partial charge in [0, 0.05) is 51.4 Å². The zero-order valence-electron chi connectivity index (χ0n) is 22.2. The minimum atomic E-state index is -3.51. The summed E-state index contributed by atoms with van der Waals surface area (Å²) in [4.78, 5) is 30.5. The van der Waals surface area contributed by atoms with E-state index in [0.717, 1.165) is 37.1 Å². The van der Waals surface area contributed by atoms with Crippen LogP contribution in [0.15, 0.2) is 77.7 Å². The van der Waals surface area contributed by atoms with Gasteiger partial charge in [0.2, 0.25) is 10.0 Å². The van der Waals surface area contributed by atoms with Crippen LogP contribution < -0.4 is 5.32 Å². The summed E-state index contributed by atoms with van der Waals surface area (Å²) in [7, 11) is -3.51. The highest BCUT2D eigenvalue weighted by atomic mass is 32.2. The Balaban J connectivity index is 1.20. The SMILES string of the molecule is Cc1ccc(S(=O)(=O)N2CCN(Cc3cccc(C(=O)Nc4ccccc4C(=O)N4CCCC4)c3)CC2)cc1. The highest BCUT2D eigenvalue weighted by Gasteiger charge is 2.28. The van der Waals surface area contributed by atoms with E-state index in [1.165, 1.54) is 0 Å². The third kappa shape index (κ3) is 6.21. The number of hydrogen-bond donors (Lipinski definition) is 1. The van der Waals surface area contributed by atoms with Crippen molar-refractivity contribution in [1.82, 2.24) is 14.1 Å². The number of para-hydroxylation sites is 1. The van der Waals surface area contributed by atoms with Gasteiger partial charge in [0.25, 0.3) is 11.8 Å². The Bertz CT molecular complexity index is 1440. The van der Waals surface area contributed by atoms with Gasteiger partial charge in [0.05, 0.1) is 16.1 Å². The van der Waals surface area contributed by atoms with Gasteiger partial charge in [0.1, 0.15) is 0 Å². The van der Waals surface area contributed by atoms with Crippen molar-refractivity contribution in [1.29, 1.82) is 0 Å². The number of nitrogens with one attached hydrogen (secondary N) is 1. The fourth-order valence-corrected chi connectivity index (χ4v) is 6.54. The molecule has 5 rings (SSSR count). The second-order valence-corrected chi connectivity index (χ2v) is 12.1. The van der Waals surface area contributed by atoms with E-state index in [1.807, 2.05) is 54.3 Å². The van der Waals surface area contributed by atoms with Crippen LogP contribution in [0, 0.1) is 6.92 Å². The van der Waals surface area contributed by atoms with E-state index in [0.29, 0.717) is 54.4 Å². The summed E-state index contributed by atoms with van der Waals surface area (Å²) in [6.45, 7) is 6.08. The van der Waals surface area contributed by atoms with Crippen molar-refractivity contribution in [2.75, 3.05) is 44.6 Å². The quantitative estimate of drug-likeness (QED) is 0.484. The van der Waals surface area contributed by atoms with Crippen LogP contribution in [0.25, 0.3) is 0 Å². The Kier molecular flexibility index (Phi) is 8.11. The molecule has 2 amide bonds. The minimum Gasteiger partial charge on any atom is -0.339 e. The summed E-state index contributed by atoms with van der Waals surface area (Å²) in [6, 6.07) is 21.5. The zero-order valence-corrected chi connectivity index (χ0v) is 23.0. The highest BCUT2D eigenvalue weighted by Crippen LogP contribution is 2.22. The highest BCUT2D eigenvalue weighted by molar-refractivity contribution is 7.89. The van der Waals surface area contributed by atoms with E-state index in [-0.39, 0.29) is 11.8 Å². The molecule has 0 saturated carbocycles. The Labute approximate surface area is 230 Å². The number of anilines is 1. The summed E-state index contributed by atoms with van der Waals surface area (Å²) in [5.41, 5.74) is 3.52. The van der Waals surface area contributed by atoms with Crippen molar-refractivity contribution in [3.63, 3.8) is 0 Å². The molecule has 1 N–H and O–H groups in total. The summed E-state index contributed by atoms with van der Waals surface area (Å²) in [5.74, 6) is -0.326. The molecule has 3 aromatic rings. The van der Waals surface area contributed by atoms with Gasteiger partial charge in [-0.05, 0) is 61.7 Å². The monoisotopic (exact) mass is 546 g/mol. The fourth-order valence-electron chi connectivity index (χ4n) is 5.12. The molecule has 0 spiro atoms. The molecule has 39 heavy (non-hydrogen) atoms. The molecule has 0 unspecified atom stereocenters. The Morgan fingerprint density at radius 1 is 0.821 bits per heavy atom. The number of hydrogen-bond acceptors (Lipinski definition) is 5. The van der Waals surface area contributed by atoms with Gasteiger partial charge in [-0.1, -0.05) is 42.0 Å². The first-order chi connectivity index (χ1) is 18.8. The van der Waals surface area contributed by atoms with Crippen molar-refractivity contribution < 1.29 is 18.0 Å². The lowest BCUT2D eigenvalue weighted by Crippen LogP contribution is -2.48. The molecule has 3 aromatic carbocycles. The lowest BCUT2D eigenvalue weighted by Gasteiger charge is -2.34. The number of piperazine rings is 1. The van der Waals surface area contributed by atoms with Crippen LogP contribution in [-0.4, -0.2) is 73.6 Å². The third-order valence-electron chi connectivity index (χ3n) is 7.38. The van der Waals surface area contributed by atoms with Crippen molar-refractivity contribution in [2.45, 2.75) is 31.2 Å². The van der Waals surface area contributed by atoms with Crippen LogP contribution in [0.2, 0.25) is 0 Å². The molecule has 204 valence electrons. The standard InChI is InChI=1S/C30H34N4O4S/c1-23-11-13-26(14-12-23)39(37,38)34-19-17-32(18-20-34)22-24-7-6-8-25(21-24)29(35)31-28-10-3-2-9-27(28)30(36)33-15-4-5-16-33/h2-3,6-14,21H,4-5,15-20,22H2,1H3,(H,31,35). The van der Waals surface area contributed by atoms with Crippen molar-refractivity contribution in [3.05, 3.63) is 95.1 Å². The first kappa shape index (κ1) is 27.1. The Morgan fingerprint density at radius 2 is 1.51 bits per heavy atom. The maximum atomic E-state index is 13.1. The molecule has 2 saturated heterocycles. The molecule has 0 aliphatic carbocycles. The van der Waals surface area contributed by atoms with E-state index < -0.39 is 10.0 Å². The number of amides is 2. The average molecular weight is 547 g/mol. The van der Waals surface area contributed by atoms with Gasteiger partial charge in [-0.3, -0.25) is 14.5 Å². The number of rotatable bonds is 7. The fraction of sp³-hybridized carbons (Fsp3) is 0.333. The summed E-state index contributed by atoms with van der Waals surface area (Å²) in [6.07, 6.45) is 2.01. The van der Waals surface area contributed by atoms with Gasteiger partial charge >= 0.3 is 0 Å². The van der Waals surface area contributed by atoms with Gasteiger partial charge in [-0.25, -0.2) is 8.42 Å². The van der Waals surface area contributed by atoms with Crippen molar-refractivity contribution in [3.8, 4) is 0 Å². The second-order valence-electron chi connectivity index (χ2n) is 10.2. The lowest BCUT2D eigenvalue weighted by molar-refractivity contribution is 0.0794. The minimum absolute atomic E-state index is 0.0549. The predicted molar refractivity (Wildman–Crippen MR) is 151 cm³/mol. The molecular formula is C30H34N4O4S. The first-order valence-electron chi connectivity index (χ1n) is 13.4. The third-order valence-corrected chi connectivity index (χ3v) is 9.30. The van der Waals surface area contributed by atoms with E-state index in [4.69, 9.17) is 0 Å². The molecule has 0 radical (unpaired) electrons. The van der Waals surface area contributed by atoms with Gasteiger partial charge in [-0.2, -0.15) is 4.31 Å². The maximum Gasteiger partial charge on any atom is 0.255 e. The molecule has 2 heterocycles. The lowest BCUT2D eigenvalue weighted by atomic mass is 10.1. The number of carbonyl (C=O) groups is 2. The number of benzene rings is 3. The Morgan fingerprint density at radius 3 is 2.23 bits per heavy atom. The number of aryl methyl sites for hydroxylation is 1. The van der Waals surface area contributed by atoms with Crippen LogP contribution in [-0.2, 0) is 16.6 Å². The number of nitrogens with zero attached hydrogens (tertiary/aromatic N) is 3. The van der Waals surface area contributed by atoms with E-state index >= 15 is 0 Å². The van der Waals surface area contributed by atoms with Crippen LogP contribution in [0.1, 0.15) is 44.7 Å². The molecule has 2 fully saturated rings.